The van der Waals surface area contributed by atoms with Gasteiger partial charge in [-0.05, 0) is 33.6 Å². The first kappa shape index (κ1) is 16.4. The molecule has 4 nitrogen and oxygen atoms in total. The quantitative estimate of drug-likeness (QED) is 0.839. The van der Waals surface area contributed by atoms with E-state index in [-0.39, 0.29) is 17.4 Å². The van der Waals surface area contributed by atoms with E-state index in [9.17, 15) is 4.79 Å². The van der Waals surface area contributed by atoms with E-state index in [1.165, 1.54) is 12.8 Å². The number of nitrogens with zero attached hydrogens (tertiary/aromatic N) is 1. The molecule has 0 radical (unpaired) electrons. The van der Waals surface area contributed by atoms with Crippen molar-refractivity contribution in [1.82, 2.24) is 10.3 Å². The van der Waals surface area contributed by atoms with Crippen LogP contribution in [-0.4, -0.2) is 17.4 Å². The lowest BCUT2D eigenvalue weighted by atomic mass is 9.79. The second-order valence-corrected chi connectivity index (χ2v) is 7.51. The molecule has 1 aromatic rings. The van der Waals surface area contributed by atoms with Crippen LogP contribution in [0.4, 0.5) is 0 Å². The molecule has 1 aliphatic carbocycles. The Balaban J connectivity index is 2.09. The summed E-state index contributed by atoms with van der Waals surface area (Å²) in [7, 11) is 0. The van der Waals surface area contributed by atoms with Crippen LogP contribution >= 0.6 is 11.3 Å². The van der Waals surface area contributed by atoms with Gasteiger partial charge in [-0.25, -0.2) is 4.98 Å². The highest BCUT2D eigenvalue weighted by atomic mass is 32.1. The summed E-state index contributed by atoms with van der Waals surface area (Å²) in [5.74, 6) is 0.129. The van der Waals surface area contributed by atoms with E-state index in [0.29, 0.717) is 6.54 Å². The smallest absolute Gasteiger partial charge is 0.227 e. The van der Waals surface area contributed by atoms with Gasteiger partial charge in [0.05, 0.1) is 22.2 Å². The summed E-state index contributed by atoms with van der Waals surface area (Å²) in [6.07, 6.45) is 6.50. The molecule has 5 heteroatoms. The van der Waals surface area contributed by atoms with Gasteiger partial charge in [0.2, 0.25) is 5.91 Å². The molecule has 118 valence electrons. The molecule has 0 spiro atoms. The number of hydrogen-bond donors (Lipinski definition) is 2. The van der Waals surface area contributed by atoms with E-state index in [1.54, 1.807) is 11.3 Å². The van der Waals surface area contributed by atoms with Gasteiger partial charge in [-0.1, -0.05) is 25.7 Å². The van der Waals surface area contributed by atoms with E-state index in [4.69, 9.17) is 5.73 Å². The van der Waals surface area contributed by atoms with Crippen molar-refractivity contribution in [3.63, 3.8) is 0 Å². The fourth-order valence-electron chi connectivity index (χ4n) is 3.29. The van der Waals surface area contributed by atoms with Crippen LogP contribution in [0.3, 0.4) is 0 Å². The summed E-state index contributed by atoms with van der Waals surface area (Å²) < 4.78 is 0. The molecule has 2 rings (SSSR count). The van der Waals surface area contributed by atoms with Crippen molar-refractivity contribution in [2.24, 2.45) is 11.1 Å². The van der Waals surface area contributed by atoms with Crippen LogP contribution in [0.25, 0.3) is 0 Å². The van der Waals surface area contributed by atoms with Crippen molar-refractivity contribution in [3.05, 3.63) is 15.6 Å². The largest absolute Gasteiger partial charge is 0.348 e. The molecular weight excluding hydrogens is 282 g/mol. The molecule has 1 fully saturated rings. The number of aryl methyl sites for hydroxylation is 2. The molecular formula is C16H27N3OS. The number of aromatic nitrogens is 1. The second kappa shape index (κ2) is 6.88. The summed E-state index contributed by atoms with van der Waals surface area (Å²) in [5, 5.41) is 4.24. The third kappa shape index (κ3) is 3.64. The zero-order valence-electron chi connectivity index (χ0n) is 13.4. The monoisotopic (exact) mass is 309 g/mol. The van der Waals surface area contributed by atoms with Gasteiger partial charge in [-0.15, -0.1) is 11.3 Å². The number of carbonyl (C=O) groups excluding carboxylic acids is 1. The molecule has 0 aliphatic heterocycles. The highest BCUT2D eigenvalue weighted by molar-refractivity contribution is 7.11. The molecule has 3 N–H and O–H groups in total. The second-order valence-electron chi connectivity index (χ2n) is 6.28. The molecule has 1 unspecified atom stereocenters. The first-order valence-corrected chi connectivity index (χ1v) is 8.75. The molecule has 21 heavy (non-hydrogen) atoms. The summed E-state index contributed by atoms with van der Waals surface area (Å²) in [4.78, 5) is 18.4. The number of nitrogens with two attached hydrogens (primary N) is 1. The lowest BCUT2D eigenvalue weighted by Gasteiger charge is -2.31. The van der Waals surface area contributed by atoms with Crippen LogP contribution < -0.4 is 11.1 Å². The van der Waals surface area contributed by atoms with Gasteiger partial charge in [-0.3, -0.25) is 4.79 Å². The Morgan fingerprint density at radius 2 is 1.95 bits per heavy atom. The van der Waals surface area contributed by atoms with Gasteiger partial charge in [0.25, 0.3) is 0 Å². The Labute approximate surface area is 131 Å². The van der Waals surface area contributed by atoms with E-state index < -0.39 is 0 Å². The number of thiazole rings is 1. The third-order valence-electron chi connectivity index (χ3n) is 4.61. The zero-order chi connectivity index (χ0) is 15.5. The standard InChI is InChI=1S/C16H27N3OS/c1-11-14(21-13(3)18-11)12(2)19-15(20)16(10-17)8-6-4-5-7-9-16/h12H,4-10,17H2,1-3H3,(H,19,20). The predicted octanol–water partition coefficient (Wildman–Crippen LogP) is 3.24. The molecule has 0 saturated heterocycles. The van der Waals surface area contributed by atoms with Crippen molar-refractivity contribution < 1.29 is 4.79 Å². The maximum atomic E-state index is 12.8. The lowest BCUT2D eigenvalue weighted by Crippen LogP contribution is -2.46. The average Bonchev–Trinajstić information content (AvgIpc) is 2.67. The minimum absolute atomic E-state index is 0.00961. The molecule has 0 aromatic carbocycles. The van der Waals surface area contributed by atoms with Crippen molar-refractivity contribution in [1.29, 1.82) is 0 Å². The van der Waals surface area contributed by atoms with Crippen LogP contribution in [0.1, 0.15) is 67.1 Å². The summed E-state index contributed by atoms with van der Waals surface area (Å²) in [5.41, 5.74) is 6.65. The fraction of sp³-hybridized carbons (Fsp3) is 0.750. The number of amides is 1. The first-order chi connectivity index (χ1) is 9.98. The minimum Gasteiger partial charge on any atom is -0.348 e. The van der Waals surface area contributed by atoms with Crippen LogP contribution in [-0.2, 0) is 4.79 Å². The van der Waals surface area contributed by atoms with Crippen molar-refractivity contribution in [3.8, 4) is 0 Å². The lowest BCUT2D eigenvalue weighted by molar-refractivity contribution is -0.132. The molecule has 0 bridgehead atoms. The highest BCUT2D eigenvalue weighted by Crippen LogP contribution is 2.35. The fourth-order valence-corrected chi connectivity index (χ4v) is 4.22. The van der Waals surface area contributed by atoms with Gasteiger partial charge >= 0.3 is 0 Å². The molecule has 1 atom stereocenters. The number of rotatable bonds is 4. The number of hydrogen-bond acceptors (Lipinski definition) is 4. The summed E-state index contributed by atoms with van der Waals surface area (Å²) >= 11 is 1.66. The first-order valence-electron chi connectivity index (χ1n) is 7.93. The van der Waals surface area contributed by atoms with E-state index >= 15 is 0 Å². The maximum Gasteiger partial charge on any atom is 0.227 e. The third-order valence-corrected chi connectivity index (χ3v) is 5.87. The number of nitrogens with one attached hydrogen (secondary N) is 1. The summed E-state index contributed by atoms with van der Waals surface area (Å²) in [6, 6.07) is 0.00961. The molecule has 1 saturated carbocycles. The average molecular weight is 309 g/mol. The van der Waals surface area contributed by atoms with E-state index in [2.05, 4.69) is 10.3 Å². The molecule has 1 heterocycles. The van der Waals surface area contributed by atoms with Crippen molar-refractivity contribution in [2.75, 3.05) is 6.54 Å². The molecule has 1 amide bonds. The number of carbonyl (C=O) groups is 1. The Morgan fingerprint density at radius 1 is 1.33 bits per heavy atom. The molecule has 1 aliphatic rings. The van der Waals surface area contributed by atoms with Gasteiger partial charge < -0.3 is 11.1 Å². The predicted molar refractivity (Wildman–Crippen MR) is 87.3 cm³/mol. The van der Waals surface area contributed by atoms with Crippen molar-refractivity contribution in [2.45, 2.75) is 65.3 Å². The van der Waals surface area contributed by atoms with Crippen LogP contribution in [0, 0.1) is 19.3 Å². The summed E-state index contributed by atoms with van der Waals surface area (Å²) in [6.45, 7) is 6.50. The van der Waals surface area contributed by atoms with Crippen LogP contribution in [0.15, 0.2) is 0 Å². The highest BCUT2D eigenvalue weighted by Gasteiger charge is 2.38. The maximum absolute atomic E-state index is 12.8. The van der Waals surface area contributed by atoms with Gasteiger partial charge in [0, 0.05) is 11.4 Å². The van der Waals surface area contributed by atoms with Crippen molar-refractivity contribution >= 4 is 17.2 Å². The Hall–Kier alpha value is -0.940. The normalized spacial score (nSPS) is 19.8. The Kier molecular flexibility index (Phi) is 5.38. The molecule has 1 aromatic heterocycles. The SMILES string of the molecule is Cc1nc(C)c(C(C)NC(=O)C2(CN)CCCCCC2)s1. The van der Waals surface area contributed by atoms with Gasteiger partial charge in [-0.2, -0.15) is 0 Å². The van der Waals surface area contributed by atoms with Crippen LogP contribution in [0.2, 0.25) is 0 Å². The Morgan fingerprint density at radius 3 is 2.43 bits per heavy atom. The van der Waals surface area contributed by atoms with Gasteiger partial charge in [0.1, 0.15) is 0 Å². The zero-order valence-corrected chi connectivity index (χ0v) is 14.2. The van der Waals surface area contributed by atoms with Gasteiger partial charge in [0.15, 0.2) is 0 Å². The minimum atomic E-state index is -0.363. The van der Waals surface area contributed by atoms with E-state index in [0.717, 1.165) is 41.3 Å². The Bertz CT molecular complexity index is 490. The topological polar surface area (TPSA) is 68.0 Å². The van der Waals surface area contributed by atoms with Crippen LogP contribution in [0.5, 0.6) is 0 Å². The van der Waals surface area contributed by atoms with E-state index in [1.807, 2.05) is 20.8 Å².